The standard InChI is InChI=1S/C9H15N3O/c1-2-10-3-5-12(4-1)6-9-7-13-8-11-9/h7-8,10H,1-6H2. The van der Waals surface area contributed by atoms with Crippen molar-refractivity contribution in [3.05, 3.63) is 18.4 Å². The largest absolute Gasteiger partial charge is 0.451 e. The average molecular weight is 181 g/mol. The first kappa shape index (κ1) is 8.72. The number of hydrogen-bond acceptors (Lipinski definition) is 4. The van der Waals surface area contributed by atoms with Crippen LogP contribution in [0.15, 0.2) is 17.1 Å². The minimum atomic E-state index is 0.915. The molecule has 0 unspecified atom stereocenters. The lowest BCUT2D eigenvalue weighted by Crippen LogP contribution is -2.27. The van der Waals surface area contributed by atoms with Gasteiger partial charge in [-0.3, -0.25) is 4.90 Å². The van der Waals surface area contributed by atoms with Gasteiger partial charge < -0.3 is 9.73 Å². The van der Waals surface area contributed by atoms with E-state index in [4.69, 9.17) is 4.42 Å². The minimum Gasteiger partial charge on any atom is -0.451 e. The molecule has 0 bridgehead atoms. The summed E-state index contributed by atoms with van der Waals surface area (Å²) in [5.74, 6) is 0. The highest BCUT2D eigenvalue weighted by atomic mass is 16.3. The second-order valence-electron chi connectivity index (χ2n) is 3.36. The Balaban J connectivity index is 1.86. The summed E-state index contributed by atoms with van der Waals surface area (Å²) in [5.41, 5.74) is 1.03. The van der Waals surface area contributed by atoms with E-state index in [1.54, 1.807) is 6.26 Å². The SMILES string of the molecule is c1nc(CN2CCCNCC2)co1. The fourth-order valence-electron chi connectivity index (χ4n) is 1.60. The van der Waals surface area contributed by atoms with Gasteiger partial charge >= 0.3 is 0 Å². The molecule has 2 heterocycles. The normalized spacial score (nSPS) is 20.0. The van der Waals surface area contributed by atoms with Crippen molar-refractivity contribution >= 4 is 0 Å². The molecule has 0 spiro atoms. The van der Waals surface area contributed by atoms with Gasteiger partial charge in [-0.05, 0) is 19.5 Å². The Morgan fingerprint density at radius 3 is 3.31 bits per heavy atom. The lowest BCUT2D eigenvalue weighted by atomic mass is 10.3. The van der Waals surface area contributed by atoms with Crippen LogP contribution in [0.2, 0.25) is 0 Å². The summed E-state index contributed by atoms with van der Waals surface area (Å²) in [4.78, 5) is 6.51. The van der Waals surface area contributed by atoms with Crippen LogP contribution in [0, 0.1) is 0 Å². The number of nitrogens with one attached hydrogen (secondary N) is 1. The van der Waals surface area contributed by atoms with Gasteiger partial charge in [-0.15, -0.1) is 0 Å². The first-order valence-electron chi connectivity index (χ1n) is 4.75. The van der Waals surface area contributed by atoms with Gasteiger partial charge in [-0.25, -0.2) is 4.98 Å². The van der Waals surface area contributed by atoms with Crippen molar-refractivity contribution in [1.82, 2.24) is 15.2 Å². The number of nitrogens with zero attached hydrogens (tertiary/aromatic N) is 2. The van der Waals surface area contributed by atoms with Crippen LogP contribution in [-0.4, -0.2) is 36.1 Å². The Morgan fingerprint density at radius 2 is 2.46 bits per heavy atom. The molecule has 2 rings (SSSR count). The van der Waals surface area contributed by atoms with Gasteiger partial charge in [0, 0.05) is 19.6 Å². The zero-order chi connectivity index (χ0) is 8.93. The van der Waals surface area contributed by atoms with E-state index in [1.165, 1.54) is 12.8 Å². The summed E-state index contributed by atoms with van der Waals surface area (Å²) in [6.45, 7) is 5.39. The van der Waals surface area contributed by atoms with E-state index in [0.717, 1.165) is 38.4 Å². The van der Waals surface area contributed by atoms with Crippen LogP contribution in [0.3, 0.4) is 0 Å². The maximum absolute atomic E-state index is 4.93. The van der Waals surface area contributed by atoms with Gasteiger partial charge in [0.05, 0.1) is 5.69 Å². The Kier molecular flexibility index (Phi) is 2.94. The minimum absolute atomic E-state index is 0.915. The van der Waals surface area contributed by atoms with E-state index in [1.807, 2.05) is 0 Å². The van der Waals surface area contributed by atoms with Gasteiger partial charge in [0.25, 0.3) is 0 Å². The quantitative estimate of drug-likeness (QED) is 0.720. The van der Waals surface area contributed by atoms with E-state index in [2.05, 4.69) is 15.2 Å². The molecule has 1 N–H and O–H groups in total. The Hall–Kier alpha value is -0.870. The first-order valence-corrected chi connectivity index (χ1v) is 4.75. The lowest BCUT2D eigenvalue weighted by molar-refractivity contribution is 0.281. The molecule has 0 aliphatic carbocycles. The maximum Gasteiger partial charge on any atom is 0.180 e. The summed E-state index contributed by atoms with van der Waals surface area (Å²) in [7, 11) is 0. The van der Waals surface area contributed by atoms with Gasteiger partial charge in [0.1, 0.15) is 6.26 Å². The van der Waals surface area contributed by atoms with Crippen LogP contribution in [-0.2, 0) is 6.54 Å². The van der Waals surface area contributed by atoms with E-state index in [9.17, 15) is 0 Å². The molecule has 0 amide bonds. The predicted octanol–water partition coefficient (Wildman–Crippen LogP) is 0.470. The Bertz CT molecular complexity index is 227. The summed E-state index contributed by atoms with van der Waals surface area (Å²) in [6.07, 6.45) is 4.43. The molecule has 1 fully saturated rings. The zero-order valence-corrected chi connectivity index (χ0v) is 7.70. The molecule has 1 aromatic heterocycles. The van der Waals surface area contributed by atoms with Gasteiger partial charge in [-0.2, -0.15) is 0 Å². The maximum atomic E-state index is 4.93. The third-order valence-corrected chi connectivity index (χ3v) is 2.30. The number of oxazole rings is 1. The molecular weight excluding hydrogens is 166 g/mol. The van der Waals surface area contributed by atoms with Crippen molar-refractivity contribution in [2.75, 3.05) is 26.2 Å². The highest BCUT2D eigenvalue weighted by Crippen LogP contribution is 2.03. The topological polar surface area (TPSA) is 41.3 Å². The van der Waals surface area contributed by atoms with Gasteiger partial charge in [0.2, 0.25) is 0 Å². The van der Waals surface area contributed by atoms with Crippen LogP contribution >= 0.6 is 0 Å². The molecule has 72 valence electrons. The first-order chi connectivity index (χ1) is 6.45. The van der Waals surface area contributed by atoms with E-state index >= 15 is 0 Å². The monoisotopic (exact) mass is 181 g/mol. The summed E-state index contributed by atoms with van der Waals surface area (Å²) < 4.78 is 4.93. The molecule has 1 aliphatic rings. The highest BCUT2D eigenvalue weighted by molar-refractivity contribution is 4.90. The number of rotatable bonds is 2. The predicted molar refractivity (Wildman–Crippen MR) is 49.3 cm³/mol. The van der Waals surface area contributed by atoms with Gasteiger partial charge in [0.15, 0.2) is 6.39 Å². The van der Waals surface area contributed by atoms with Crippen molar-refractivity contribution in [3.63, 3.8) is 0 Å². The lowest BCUT2D eigenvalue weighted by Gasteiger charge is -2.17. The van der Waals surface area contributed by atoms with Crippen LogP contribution in [0.5, 0.6) is 0 Å². The molecule has 4 nitrogen and oxygen atoms in total. The molecular formula is C9H15N3O. The Labute approximate surface area is 77.9 Å². The van der Waals surface area contributed by atoms with Crippen LogP contribution < -0.4 is 5.32 Å². The van der Waals surface area contributed by atoms with Crippen LogP contribution in [0.4, 0.5) is 0 Å². The second-order valence-corrected chi connectivity index (χ2v) is 3.36. The van der Waals surface area contributed by atoms with E-state index in [0.29, 0.717) is 0 Å². The fraction of sp³-hybridized carbons (Fsp3) is 0.667. The van der Waals surface area contributed by atoms with E-state index < -0.39 is 0 Å². The van der Waals surface area contributed by atoms with Crippen LogP contribution in [0.25, 0.3) is 0 Å². The molecule has 1 aromatic rings. The summed E-state index contributed by atoms with van der Waals surface area (Å²) in [5, 5.41) is 3.37. The van der Waals surface area contributed by atoms with Gasteiger partial charge in [-0.1, -0.05) is 0 Å². The summed E-state index contributed by atoms with van der Waals surface area (Å²) in [6, 6.07) is 0. The molecule has 0 radical (unpaired) electrons. The fourth-order valence-corrected chi connectivity index (χ4v) is 1.60. The molecule has 1 aliphatic heterocycles. The second kappa shape index (κ2) is 4.39. The van der Waals surface area contributed by atoms with Crippen LogP contribution in [0.1, 0.15) is 12.1 Å². The molecule has 0 saturated carbocycles. The van der Waals surface area contributed by atoms with Crippen molar-refractivity contribution in [2.24, 2.45) is 0 Å². The van der Waals surface area contributed by atoms with Crippen molar-refractivity contribution in [3.8, 4) is 0 Å². The molecule has 13 heavy (non-hydrogen) atoms. The number of hydrogen-bond donors (Lipinski definition) is 1. The van der Waals surface area contributed by atoms with E-state index in [-0.39, 0.29) is 0 Å². The Morgan fingerprint density at radius 1 is 1.46 bits per heavy atom. The average Bonchev–Trinajstić information content (AvgIpc) is 2.49. The molecule has 0 aromatic carbocycles. The molecule has 0 atom stereocenters. The molecule has 4 heteroatoms. The number of aromatic nitrogens is 1. The smallest absolute Gasteiger partial charge is 0.180 e. The summed E-state index contributed by atoms with van der Waals surface area (Å²) >= 11 is 0. The zero-order valence-electron chi connectivity index (χ0n) is 7.70. The third kappa shape index (κ3) is 2.54. The van der Waals surface area contributed by atoms with Crippen molar-refractivity contribution in [2.45, 2.75) is 13.0 Å². The third-order valence-electron chi connectivity index (χ3n) is 2.30. The highest BCUT2D eigenvalue weighted by Gasteiger charge is 2.09. The van der Waals surface area contributed by atoms with Crippen molar-refractivity contribution in [1.29, 1.82) is 0 Å². The van der Waals surface area contributed by atoms with Crippen molar-refractivity contribution < 1.29 is 4.42 Å². The molecule has 1 saturated heterocycles.